The molecule has 0 radical (unpaired) electrons. The molecule has 0 spiro atoms. The van der Waals surface area contributed by atoms with Crippen molar-refractivity contribution < 1.29 is 14.3 Å². The molecule has 0 fully saturated rings. The van der Waals surface area contributed by atoms with Crippen molar-refractivity contribution in [2.24, 2.45) is 0 Å². The maximum absolute atomic E-state index is 12.1. The first-order chi connectivity index (χ1) is 14.0. The Bertz CT molecular complexity index is 918. The van der Waals surface area contributed by atoms with Crippen LogP contribution < -0.4 is 14.8 Å². The fourth-order valence-corrected chi connectivity index (χ4v) is 3.60. The minimum Gasteiger partial charge on any atom is -0.497 e. The van der Waals surface area contributed by atoms with E-state index in [0.717, 1.165) is 28.2 Å². The molecule has 1 atom stereocenters. The number of nitrogens with one attached hydrogen (secondary N) is 1. The molecule has 1 amide bonds. The van der Waals surface area contributed by atoms with Crippen molar-refractivity contribution >= 4 is 5.91 Å². The Balaban J connectivity index is 2.19. The Morgan fingerprint density at radius 3 is 1.76 bits per heavy atom. The van der Waals surface area contributed by atoms with Gasteiger partial charge in [0, 0.05) is 12.8 Å². The number of ether oxygens (including phenoxy) is 2. The largest absolute Gasteiger partial charge is 0.497 e. The van der Waals surface area contributed by atoms with Crippen molar-refractivity contribution in [1.82, 2.24) is 5.32 Å². The number of amides is 1. The summed E-state index contributed by atoms with van der Waals surface area (Å²) in [5, 5.41) is 3.17. The van der Waals surface area contributed by atoms with Gasteiger partial charge >= 0.3 is 0 Å². The van der Waals surface area contributed by atoms with Crippen LogP contribution in [0.5, 0.6) is 11.5 Å². The number of hydrogen-bond donors (Lipinski definition) is 1. The average molecular weight is 389 g/mol. The van der Waals surface area contributed by atoms with E-state index in [1.807, 2.05) is 36.4 Å². The van der Waals surface area contributed by atoms with Crippen molar-refractivity contribution in [2.75, 3.05) is 14.2 Å². The molecular formula is C25H27NO3. The zero-order valence-corrected chi connectivity index (χ0v) is 17.3. The molecule has 0 saturated heterocycles. The van der Waals surface area contributed by atoms with Crippen LogP contribution in [0.2, 0.25) is 0 Å². The van der Waals surface area contributed by atoms with E-state index in [2.05, 4.69) is 48.6 Å². The summed E-state index contributed by atoms with van der Waals surface area (Å²) >= 11 is 0. The molecular weight excluding hydrogens is 362 g/mol. The Labute approximate surface area is 172 Å². The van der Waals surface area contributed by atoms with Gasteiger partial charge in [-0.2, -0.15) is 0 Å². The van der Waals surface area contributed by atoms with Crippen LogP contribution in [0.1, 0.15) is 41.1 Å². The first kappa shape index (κ1) is 20.5. The van der Waals surface area contributed by atoms with Gasteiger partial charge in [-0.25, -0.2) is 0 Å². The number of carbonyl (C=O) groups is 1. The Morgan fingerprint density at radius 1 is 0.793 bits per heavy atom. The Kier molecular flexibility index (Phi) is 6.55. The minimum absolute atomic E-state index is 0.0774. The van der Waals surface area contributed by atoms with Gasteiger partial charge in [0.25, 0.3) is 0 Å². The maximum Gasteiger partial charge on any atom is 0.217 e. The highest BCUT2D eigenvalue weighted by Crippen LogP contribution is 2.39. The lowest BCUT2D eigenvalue weighted by atomic mass is 9.81. The lowest BCUT2D eigenvalue weighted by molar-refractivity contribution is -0.119. The van der Waals surface area contributed by atoms with Crippen molar-refractivity contribution in [3.63, 3.8) is 0 Å². The molecule has 3 rings (SSSR count). The van der Waals surface area contributed by atoms with Crippen LogP contribution in [-0.2, 0) is 4.79 Å². The smallest absolute Gasteiger partial charge is 0.217 e. The lowest BCUT2D eigenvalue weighted by Crippen LogP contribution is -2.31. The van der Waals surface area contributed by atoms with E-state index in [1.54, 1.807) is 21.1 Å². The molecule has 3 aromatic carbocycles. The highest BCUT2D eigenvalue weighted by Gasteiger charge is 2.28. The summed E-state index contributed by atoms with van der Waals surface area (Å²) in [6.45, 7) is 3.61. The molecule has 0 aromatic heterocycles. The molecule has 0 saturated carbocycles. The van der Waals surface area contributed by atoms with Crippen molar-refractivity contribution in [3.8, 4) is 11.5 Å². The molecule has 3 aromatic rings. The average Bonchev–Trinajstić information content (AvgIpc) is 2.74. The summed E-state index contributed by atoms with van der Waals surface area (Å²) in [6, 6.07) is 24.0. The van der Waals surface area contributed by atoms with Gasteiger partial charge in [-0.1, -0.05) is 54.1 Å². The molecule has 0 heterocycles. The third kappa shape index (κ3) is 4.96. The Morgan fingerprint density at radius 2 is 1.31 bits per heavy atom. The topological polar surface area (TPSA) is 47.6 Å². The summed E-state index contributed by atoms with van der Waals surface area (Å²) in [7, 11) is 3.32. The number of aryl methyl sites for hydroxylation is 1. The quantitative estimate of drug-likeness (QED) is 0.617. The predicted molar refractivity (Wildman–Crippen MR) is 116 cm³/mol. The van der Waals surface area contributed by atoms with Crippen molar-refractivity contribution in [1.29, 1.82) is 0 Å². The highest BCUT2D eigenvalue weighted by molar-refractivity contribution is 5.74. The second kappa shape index (κ2) is 9.28. The summed E-state index contributed by atoms with van der Waals surface area (Å²) in [6.07, 6.45) is 0. The maximum atomic E-state index is 12.1. The SMILES string of the molecule is COc1cccc(C(c2cccc(OC)c2)C(NC(C)=O)c2ccc(C)cc2)c1. The fourth-order valence-electron chi connectivity index (χ4n) is 3.60. The van der Waals surface area contributed by atoms with E-state index in [9.17, 15) is 4.79 Å². The molecule has 1 N–H and O–H groups in total. The van der Waals surface area contributed by atoms with Crippen LogP contribution in [0.25, 0.3) is 0 Å². The van der Waals surface area contributed by atoms with Gasteiger partial charge in [0.05, 0.1) is 20.3 Å². The van der Waals surface area contributed by atoms with Crippen molar-refractivity contribution in [2.45, 2.75) is 25.8 Å². The summed E-state index contributed by atoms with van der Waals surface area (Å²) in [5.41, 5.74) is 4.32. The van der Waals surface area contributed by atoms with E-state index < -0.39 is 0 Å². The van der Waals surface area contributed by atoms with Crippen LogP contribution in [0.3, 0.4) is 0 Å². The third-order valence-corrected chi connectivity index (χ3v) is 5.03. The third-order valence-electron chi connectivity index (χ3n) is 5.03. The number of rotatable bonds is 7. The van der Waals surface area contributed by atoms with E-state index in [0.29, 0.717) is 0 Å². The first-order valence-electron chi connectivity index (χ1n) is 9.63. The van der Waals surface area contributed by atoms with Crippen LogP contribution >= 0.6 is 0 Å². The molecule has 0 aliphatic rings. The zero-order chi connectivity index (χ0) is 20.8. The van der Waals surface area contributed by atoms with Crippen LogP contribution in [0, 0.1) is 6.92 Å². The monoisotopic (exact) mass is 389 g/mol. The molecule has 1 unspecified atom stereocenters. The second-order valence-corrected chi connectivity index (χ2v) is 7.12. The van der Waals surface area contributed by atoms with Crippen LogP contribution in [-0.4, -0.2) is 20.1 Å². The van der Waals surface area contributed by atoms with Gasteiger partial charge in [0.15, 0.2) is 0 Å². The van der Waals surface area contributed by atoms with Crippen LogP contribution in [0.15, 0.2) is 72.8 Å². The normalized spacial score (nSPS) is 11.8. The summed E-state index contributed by atoms with van der Waals surface area (Å²) in [5.74, 6) is 1.36. The number of methoxy groups -OCH3 is 2. The second-order valence-electron chi connectivity index (χ2n) is 7.12. The lowest BCUT2D eigenvalue weighted by Gasteiger charge is -2.30. The summed E-state index contributed by atoms with van der Waals surface area (Å²) in [4.78, 5) is 12.1. The van der Waals surface area contributed by atoms with Crippen molar-refractivity contribution in [3.05, 3.63) is 95.1 Å². The van der Waals surface area contributed by atoms with Gasteiger partial charge in [0.2, 0.25) is 5.91 Å². The zero-order valence-electron chi connectivity index (χ0n) is 17.3. The summed E-state index contributed by atoms with van der Waals surface area (Å²) < 4.78 is 10.9. The molecule has 150 valence electrons. The first-order valence-corrected chi connectivity index (χ1v) is 9.63. The minimum atomic E-state index is -0.243. The Hall–Kier alpha value is -3.27. The van der Waals surface area contributed by atoms with Crippen LogP contribution in [0.4, 0.5) is 0 Å². The number of hydrogen-bond acceptors (Lipinski definition) is 3. The highest BCUT2D eigenvalue weighted by atomic mass is 16.5. The standard InChI is InChI=1S/C25H27NO3/c1-17-11-13-19(14-12-17)25(26-18(2)27)24(20-7-5-9-22(15-20)28-3)21-8-6-10-23(16-21)29-4/h5-16,24-25H,1-4H3,(H,26,27). The fraction of sp³-hybridized carbons (Fsp3) is 0.240. The number of carbonyl (C=O) groups excluding carboxylic acids is 1. The van der Waals surface area contributed by atoms with Gasteiger partial charge in [-0.3, -0.25) is 4.79 Å². The van der Waals surface area contributed by atoms with E-state index in [-0.39, 0.29) is 17.9 Å². The molecule has 29 heavy (non-hydrogen) atoms. The predicted octanol–water partition coefficient (Wildman–Crippen LogP) is 5.02. The van der Waals surface area contributed by atoms with E-state index in [1.165, 1.54) is 5.56 Å². The van der Waals surface area contributed by atoms with Gasteiger partial charge in [0.1, 0.15) is 11.5 Å². The van der Waals surface area contributed by atoms with Gasteiger partial charge < -0.3 is 14.8 Å². The van der Waals surface area contributed by atoms with Gasteiger partial charge in [-0.05, 0) is 47.9 Å². The molecule has 4 heteroatoms. The molecule has 0 aliphatic carbocycles. The van der Waals surface area contributed by atoms with E-state index >= 15 is 0 Å². The van der Waals surface area contributed by atoms with Gasteiger partial charge in [-0.15, -0.1) is 0 Å². The molecule has 0 aliphatic heterocycles. The molecule has 0 bridgehead atoms. The molecule has 4 nitrogen and oxygen atoms in total. The van der Waals surface area contributed by atoms with E-state index in [4.69, 9.17) is 9.47 Å². The number of benzene rings is 3.